The summed E-state index contributed by atoms with van der Waals surface area (Å²) in [4.78, 5) is 16.5. The number of ether oxygens (including phenoxy) is 1. The van der Waals surface area contributed by atoms with Crippen LogP contribution in [0.3, 0.4) is 0 Å². The highest BCUT2D eigenvalue weighted by atomic mass is 19.4. The fourth-order valence-corrected chi connectivity index (χ4v) is 3.07. The smallest absolute Gasteiger partial charge is 0.435 e. The zero-order valence-electron chi connectivity index (χ0n) is 17.5. The predicted octanol–water partition coefficient (Wildman–Crippen LogP) is 4.33. The van der Waals surface area contributed by atoms with Crippen molar-refractivity contribution in [1.29, 1.82) is 0 Å². The molecule has 174 valence electrons. The average molecular weight is 471 g/mol. The van der Waals surface area contributed by atoms with Gasteiger partial charge in [-0.3, -0.25) is 9.78 Å². The molecule has 0 bridgehead atoms. The molecule has 1 amide bonds. The molecule has 0 saturated carbocycles. The van der Waals surface area contributed by atoms with E-state index in [1.807, 2.05) is 6.07 Å². The van der Waals surface area contributed by atoms with Crippen LogP contribution in [0.1, 0.15) is 27.3 Å². The first-order valence-corrected chi connectivity index (χ1v) is 9.99. The minimum Gasteiger partial charge on any atom is -0.489 e. The second-order valence-corrected chi connectivity index (χ2v) is 7.15. The molecule has 0 spiro atoms. The van der Waals surface area contributed by atoms with E-state index in [2.05, 4.69) is 20.6 Å². The summed E-state index contributed by atoms with van der Waals surface area (Å²) in [5.74, 6) is -1.08. The molecule has 0 saturated heterocycles. The summed E-state index contributed by atoms with van der Waals surface area (Å²) in [7, 11) is 0. The number of rotatable bonds is 7. The first-order valence-electron chi connectivity index (χ1n) is 9.99. The normalized spacial score (nSPS) is 11.3. The number of halogens is 4. The topological polar surface area (TPSA) is 81.9 Å². The highest BCUT2D eigenvalue weighted by Crippen LogP contribution is 2.32. The quantitative estimate of drug-likeness (QED) is 0.406. The van der Waals surface area contributed by atoms with Crippen LogP contribution >= 0.6 is 0 Å². The molecule has 7 nitrogen and oxygen atoms in total. The van der Waals surface area contributed by atoms with Gasteiger partial charge in [-0.05, 0) is 48.0 Å². The number of carbonyl (C=O) groups excluding carboxylic acids is 1. The zero-order valence-corrected chi connectivity index (χ0v) is 17.5. The van der Waals surface area contributed by atoms with Crippen LogP contribution in [0.15, 0.2) is 73.1 Å². The third-order valence-corrected chi connectivity index (χ3v) is 4.73. The average Bonchev–Trinajstić information content (AvgIpc) is 3.29. The van der Waals surface area contributed by atoms with Gasteiger partial charge in [0.25, 0.3) is 5.91 Å². The van der Waals surface area contributed by atoms with Gasteiger partial charge in [0.2, 0.25) is 0 Å². The molecule has 0 aliphatic rings. The molecule has 0 radical (unpaired) electrons. The lowest BCUT2D eigenvalue weighted by atomic mass is 10.2. The minimum atomic E-state index is -4.92. The van der Waals surface area contributed by atoms with Crippen LogP contribution in [-0.2, 0) is 19.3 Å². The molecule has 2 heterocycles. The highest BCUT2D eigenvalue weighted by molar-refractivity contribution is 5.93. The van der Waals surface area contributed by atoms with Gasteiger partial charge in [0, 0.05) is 24.5 Å². The lowest BCUT2D eigenvalue weighted by Crippen LogP contribution is -2.27. The van der Waals surface area contributed by atoms with Crippen molar-refractivity contribution in [2.45, 2.75) is 19.3 Å². The highest BCUT2D eigenvalue weighted by Gasteiger charge is 2.42. The first kappa shape index (κ1) is 22.9. The van der Waals surface area contributed by atoms with E-state index in [4.69, 9.17) is 4.74 Å². The summed E-state index contributed by atoms with van der Waals surface area (Å²) in [6.07, 6.45) is -1.57. The number of nitrogens with one attached hydrogen (secondary N) is 1. The van der Waals surface area contributed by atoms with E-state index in [0.29, 0.717) is 22.6 Å². The largest absolute Gasteiger partial charge is 0.489 e. The van der Waals surface area contributed by atoms with Crippen molar-refractivity contribution >= 4 is 5.91 Å². The Balaban J connectivity index is 1.43. The van der Waals surface area contributed by atoms with Crippen LogP contribution in [0, 0.1) is 5.82 Å². The van der Waals surface area contributed by atoms with Crippen molar-refractivity contribution in [1.82, 2.24) is 25.3 Å². The SMILES string of the molecule is O=C(NCc1ccc(OCc2cccnc2)cc1)c1nnn(-c2ccc(F)cc2)c1C(F)(F)F. The third-order valence-electron chi connectivity index (χ3n) is 4.73. The first-order chi connectivity index (χ1) is 16.3. The van der Waals surface area contributed by atoms with Crippen molar-refractivity contribution in [3.8, 4) is 11.4 Å². The zero-order chi connectivity index (χ0) is 24.1. The number of nitrogens with zero attached hydrogens (tertiary/aromatic N) is 4. The number of alkyl halides is 3. The van der Waals surface area contributed by atoms with Gasteiger partial charge in [0.05, 0.1) is 5.69 Å². The van der Waals surface area contributed by atoms with Gasteiger partial charge in [-0.1, -0.05) is 23.4 Å². The molecule has 34 heavy (non-hydrogen) atoms. The lowest BCUT2D eigenvalue weighted by Gasteiger charge is -2.11. The van der Waals surface area contributed by atoms with Gasteiger partial charge in [-0.2, -0.15) is 13.2 Å². The Morgan fingerprint density at radius 1 is 1.00 bits per heavy atom. The van der Waals surface area contributed by atoms with E-state index in [9.17, 15) is 22.4 Å². The summed E-state index contributed by atoms with van der Waals surface area (Å²) in [5.41, 5.74) is -0.777. The Kier molecular flexibility index (Phi) is 6.53. The predicted molar refractivity (Wildman–Crippen MR) is 113 cm³/mol. The molecule has 0 unspecified atom stereocenters. The van der Waals surface area contributed by atoms with E-state index in [0.717, 1.165) is 29.8 Å². The van der Waals surface area contributed by atoms with Crippen molar-refractivity contribution in [3.05, 3.63) is 101 Å². The second-order valence-electron chi connectivity index (χ2n) is 7.15. The van der Waals surface area contributed by atoms with E-state index in [-0.39, 0.29) is 12.2 Å². The summed E-state index contributed by atoms with van der Waals surface area (Å²) < 4.78 is 60.3. The van der Waals surface area contributed by atoms with Crippen molar-refractivity contribution in [3.63, 3.8) is 0 Å². The van der Waals surface area contributed by atoms with Gasteiger partial charge in [0.1, 0.15) is 18.2 Å². The molecular weight excluding hydrogens is 454 g/mol. The number of benzene rings is 2. The molecule has 0 aliphatic carbocycles. The molecule has 4 aromatic rings. The van der Waals surface area contributed by atoms with Gasteiger partial charge < -0.3 is 10.1 Å². The molecule has 4 rings (SSSR count). The van der Waals surface area contributed by atoms with Crippen LogP contribution in [0.25, 0.3) is 5.69 Å². The van der Waals surface area contributed by atoms with Gasteiger partial charge in [-0.15, -0.1) is 5.10 Å². The Labute approximate surface area is 191 Å². The van der Waals surface area contributed by atoms with Gasteiger partial charge in [-0.25, -0.2) is 9.07 Å². The third kappa shape index (κ3) is 5.37. The monoisotopic (exact) mass is 471 g/mol. The maximum absolute atomic E-state index is 13.7. The Bertz CT molecular complexity index is 1260. The van der Waals surface area contributed by atoms with Crippen molar-refractivity contribution in [2.24, 2.45) is 0 Å². The molecular formula is C23H17F4N5O2. The van der Waals surface area contributed by atoms with Gasteiger partial charge >= 0.3 is 6.18 Å². The van der Waals surface area contributed by atoms with E-state index >= 15 is 0 Å². The maximum Gasteiger partial charge on any atom is 0.435 e. The van der Waals surface area contributed by atoms with Crippen LogP contribution < -0.4 is 10.1 Å². The molecule has 2 aromatic heterocycles. The molecule has 0 atom stereocenters. The molecule has 1 N–H and O–H groups in total. The number of hydrogen-bond acceptors (Lipinski definition) is 5. The molecule has 0 aliphatic heterocycles. The summed E-state index contributed by atoms with van der Waals surface area (Å²) in [6.45, 7) is 0.288. The number of carbonyl (C=O) groups is 1. The fourth-order valence-electron chi connectivity index (χ4n) is 3.07. The lowest BCUT2D eigenvalue weighted by molar-refractivity contribution is -0.143. The van der Waals surface area contributed by atoms with Crippen molar-refractivity contribution < 1.29 is 27.1 Å². The Morgan fingerprint density at radius 2 is 1.74 bits per heavy atom. The number of pyridine rings is 1. The van der Waals surface area contributed by atoms with Crippen LogP contribution in [0.2, 0.25) is 0 Å². The molecule has 11 heteroatoms. The number of amides is 1. The number of hydrogen-bond donors (Lipinski definition) is 1. The van der Waals surface area contributed by atoms with Gasteiger partial charge in [0.15, 0.2) is 11.4 Å². The number of aromatic nitrogens is 4. The summed E-state index contributed by atoms with van der Waals surface area (Å²) in [6, 6.07) is 14.6. The van der Waals surface area contributed by atoms with E-state index in [1.165, 1.54) is 0 Å². The summed E-state index contributed by atoms with van der Waals surface area (Å²) >= 11 is 0. The fraction of sp³-hybridized carbons (Fsp3) is 0.130. The van der Waals surface area contributed by atoms with Crippen molar-refractivity contribution in [2.75, 3.05) is 0 Å². The van der Waals surface area contributed by atoms with Crippen LogP contribution in [0.5, 0.6) is 5.75 Å². The minimum absolute atomic E-state index is 0.0393. The summed E-state index contributed by atoms with van der Waals surface area (Å²) in [5, 5.41) is 9.30. The maximum atomic E-state index is 13.7. The second kappa shape index (κ2) is 9.69. The van der Waals surface area contributed by atoms with Crippen LogP contribution in [-0.4, -0.2) is 25.9 Å². The Hall–Kier alpha value is -4.28. The van der Waals surface area contributed by atoms with Crippen LogP contribution in [0.4, 0.5) is 17.6 Å². The molecule has 0 fully saturated rings. The van der Waals surface area contributed by atoms with E-state index in [1.54, 1.807) is 42.7 Å². The molecule has 2 aromatic carbocycles. The van der Waals surface area contributed by atoms with E-state index < -0.39 is 29.3 Å². The Morgan fingerprint density at radius 3 is 2.38 bits per heavy atom. The standard InChI is InChI=1S/C23H17F4N5O2/c24-17-5-7-18(8-6-17)32-21(23(25,26)27)20(30-31-32)22(33)29-13-15-3-9-19(10-4-15)34-14-16-2-1-11-28-12-16/h1-12H,13-14H2,(H,29,33).